The molecule has 8 heteroatoms. The van der Waals surface area contributed by atoms with E-state index in [1.807, 2.05) is 48.5 Å². The average Bonchev–Trinajstić information content (AvgIpc) is 3.21. The SMILES string of the molecule is Cc1ccc(Oc2nc3nc(-c4ccc(-c5ccccc5Cl)cc4)c(Cl)cc3[nH]2)cc1C(=O)O. The van der Waals surface area contributed by atoms with Crippen LogP contribution in [0.25, 0.3) is 33.5 Å². The van der Waals surface area contributed by atoms with Gasteiger partial charge in [0.1, 0.15) is 5.75 Å². The quantitative estimate of drug-likeness (QED) is 0.268. The van der Waals surface area contributed by atoms with Crippen LogP contribution in [0.3, 0.4) is 0 Å². The van der Waals surface area contributed by atoms with Gasteiger partial charge in [-0.25, -0.2) is 9.78 Å². The van der Waals surface area contributed by atoms with Gasteiger partial charge in [-0.1, -0.05) is 71.7 Å². The summed E-state index contributed by atoms with van der Waals surface area (Å²) in [5.41, 5.74) is 5.18. The highest BCUT2D eigenvalue weighted by atomic mass is 35.5. The molecule has 5 rings (SSSR count). The predicted molar refractivity (Wildman–Crippen MR) is 133 cm³/mol. The third-order valence-electron chi connectivity index (χ3n) is 5.40. The number of aromatic carboxylic acids is 1. The minimum absolute atomic E-state index is 0.164. The average molecular weight is 490 g/mol. The summed E-state index contributed by atoms with van der Waals surface area (Å²) in [4.78, 5) is 23.4. The van der Waals surface area contributed by atoms with E-state index in [2.05, 4.69) is 15.0 Å². The van der Waals surface area contributed by atoms with Crippen molar-refractivity contribution in [3.63, 3.8) is 0 Å². The molecular formula is C26H17Cl2N3O3. The zero-order valence-corrected chi connectivity index (χ0v) is 19.4. The normalized spacial score (nSPS) is 11.0. The molecule has 3 aromatic carbocycles. The van der Waals surface area contributed by atoms with Crippen LogP contribution in [0.2, 0.25) is 10.0 Å². The molecule has 5 aromatic rings. The molecule has 0 amide bonds. The summed E-state index contributed by atoms with van der Waals surface area (Å²) in [6, 6.07) is 22.2. The van der Waals surface area contributed by atoms with E-state index in [0.29, 0.717) is 38.2 Å². The van der Waals surface area contributed by atoms with Crippen molar-refractivity contribution in [2.45, 2.75) is 6.92 Å². The molecule has 0 unspecified atom stereocenters. The summed E-state index contributed by atoms with van der Waals surface area (Å²) in [5, 5.41) is 10.5. The lowest BCUT2D eigenvalue weighted by molar-refractivity contribution is 0.0695. The number of hydrogen-bond acceptors (Lipinski definition) is 4. The van der Waals surface area contributed by atoms with Gasteiger partial charge in [-0.3, -0.25) is 0 Å². The van der Waals surface area contributed by atoms with Crippen LogP contribution in [0.5, 0.6) is 11.8 Å². The molecule has 0 aliphatic heterocycles. The van der Waals surface area contributed by atoms with E-state index in [0.717, 1.165) is 16.7 Å². The van der Waals surface area contributed by atoms with Gasteiger partial charge in [0, 0.05) is 16.1 Å². The number of nitrogens with one attached hydrogen (secondary N) is 1. The lowest BCUT2D eigenvalue weighted by Gasteiger charge is -2.07. The van der Waals surface area contributed by atoms with Gasteiger partial charge in [-0.2, -0.15) is 4.98 Å². The van der Waals surface area contributed by atoms with Gasteiger partial charge in [0.25, 0.3) is 0 Å². The molecule has 2 aromatic heterocycles. The number of benzene rings is 3. The highest BCUT2D eigenvalue weighted by Gasteiger charge is 2.14. The number of pyridine rings is 1. The number of aryl methyl sites for hydroxylation is 1. The van der Waals surface area contributed by atoms with Crippen molar-refractivity contribution in [3.8, 4) is 34.1 Å². The van der Waals surface area contributed by atoms with Crippen molar-refractivity contribution in [1.82, 2.24) is 15.0 Å². The van der Waals surface area contributed by atoms with Gasteiger partial charge >= 0.3 is 12.0 Å². The van der Waals surface area contributed by atoms with E-state index in [1.165, 1.54) is 6.07 Å². The number of nitrogens with zero attached hydrogens (tertiary/aromatic N) is 2. The fourth-order valence-electron chi connectivity index (χ4n) is 3.66. The molecule has 0 spiro atoms. The van der Waals surface area contributed by atoms with E-state index in [9.17, 15) is 9.90 Å². The summed E-state index contributed by atoms with van der Waals surface area (Å²) < 4.78 is 5.74. The van der Waals surface area contributed by atoms with Crippen molar-refractivity contribution in [2.24, 2.45) is 0 Å². The second-order valence-electron chi connectivity index (χ2n) is 7.67. The first-order valence-electron chi connectivity index (χ1n) is 10.3. The Bertz CT molecular complexity index is 1550. The predicted octanol–water partition coefficient (Wildman–Crippen LogP) is 7.40. The number of aromatic amines is 1. The second kappa shape index (κ2) is 8.82. The minimum Gasteiger partial charge on any atom is -0.478 e. The Morgan fingerprint density at radius 1 is 0.912 bits per heavy atom. The summed E-state index contributed by atoms with van der Waals surface area (Å²) in [6.45, 7) is 1.73. The van der Waals surface area contributed by atoms with Crippen molar-refractivity contribution in [3.05, 3.63) is 94.0 Å². The maximum atomic E-state index is 11.4. The van der Waals surface area contributed by atoms with Crippen molar-refractivity contribution in [1.29, 1.82) is 0 Å². The van der Waals surface area contributed by atoms with Gasteiger partial charge in [-0.15, -0.1) is 0 Å². The highest BCUT2D eigenvalue weighted by Crippen LogP contribution is 2.33. The highest BCUT2D eigenvalue weighted by molar-refractivity contribution is 6.34. The first-order valence-corrected chi connectivity index (χ1v) is 11.1. The van der Waals surface area contributed by atoms with Crippen molar-refractivity contribution >= 4 is 40.3 Å². The molecule has 34 heavy (non-hydrogen) atoms. The zero-order valence-electron chi connectivity index (χ0n) is 17.8. The number of aromatic nitrogens is 3. The fourth-order valence-corrected chi connectivity index (χ4v) is 4.16. The van der Waals surface area contributed by atoms with E-state index in [1.54, 1.807) is 25.1 Å². The van der Waals surface area contributed by atoms with E-state index in [4.69, 9.17) is 27.9 Å². The fraction of sp³-hybridized carbons (Fsp3) is 0.0385. The standard InChI is InChI=1S/C26H17Cl2N3O3/c1-14-6-11-17(12-19(14)25(32)33)34-26-29-22-13-21(28)23(30-24(22)31-26)16-9-7-15(8-10-16)18-4-2-3-5-20(18)27/h2-13H,1H3,(H,32,33)(H,29,30,31). The molecular weight excluding hydrogens is 473 g/mol. The van der Waals surface area contributed by atoms with Crippen LogP contribution < -0.4 is 4.74 Å². The topological polar surface area (TPSA) is 88.1 Å². The van der Waals surface area contributed by atoms with Gasteiger partial charge < -0.3 is 14.8 Å². The van der Waals surface area contributed by atoms with Crippen LogP contribution in [0, 0.1) is 6.92 Å². The Hall–Kier alpha value is -3.87. The molecule has 0 atom stereocenters. The number of carboxylic acid groups (broad SMARTS) is 1. The number of rotatable bonds is 5. The number of carboxylic acids is 1. The third kappa shape index (κ3) is 4.21. The first kappa shape index (κ1) is 21.9. The Balaban J connectivity index is 1.45. The lowest BCUT2D eigenvalue weighted by Crippen LogP contribution is -2.00. The summed E-state index contributed by atoms with van der Waals surface area (Å²) in [7, 11) is 0. The molecule has 0 aliphatic rings. The lowest BCUT2D eigenvalue weighted by atomic mass is 10.0. The molecule has 2 heterocycles. The van der Waals surface area contributed by atoms with E-state index >= 15 is 0 Å². The molecule has 0 fully saturated rings. The number of carbonyl (C=O) groups is 1. The number of imidazole rings is 1. The minimum atomic E-state index is -1.02. The number of ether oxygens (including phenoxy) is 1. The van der Waals surface area contributed by atoms with E-state index in [-0.39, 0.29) is 11.6 Å². The molecule has 0 radical (unpaired) electrons. The molecule has 6 nitrogen and oxygen atoms in total. The maximum Gasteiger partial charge on any atom is 0.336 e. The molecule has 0 saturated carbocycles. The zero-order chi connectivity index (χ0) is 23.8. The van der Waals surface area contributed by atoms with Crippen LogP contribution in [0.1, 0.15) is 15.9 Å². The van der Waals surface area contributed by atoms with Gasteiger partial charge in [0.2, 0.25) is 0 Å². The second-order valence-corrected chi connectivity index (χ2v) is 8.49. The third-order valence-corrected chi connectivity index (χ3v) is 6.02. The van der Waals surface area contributed by atoms with Crippen molar-refractivity contribution < 1.29 is 14.6 Å². The van der Waals surface area contributed by atoms with E-state index < -0.39 is 5.97 Å². The maximum absolute atomic E-state index is 11.4. The van der Waals surface area contributed by atoms with Crippen LogP contribution in [0.15, 0.2) is 72.8 Å². The number of hydrogen-bond donors (Lipinski definition) is 2. The summed E-state index contributed by atoms with van der Waals surface area (Å²) in [5.74, 6) is -0.672. The summed E-state index contributed by atoms with van der Waals surface area (Å²) in [6.07, 6.45) is 0. The molecule has 0 aliphatic carbocycles. The van der Waals surface area contributed by atoms with Crippen LogP contribution in [-0.4, -0.2) is 26.0 Å². The Kier molecular flexibility index (Phi) is 5.69. The number of H-pyrrole nitrogens is 1. The number of halogens is 2. The van der Waals surface area contributed by atoms with Gasteiger partial charge in [0.05, 0.1) is 21.8 Å². The molecule has 0 bridgehead atoms. The van der Waals surface area contributed by atoms with Gasteiger partial charge in [0.15, 0.2) is 5.65 Å². The van der Waals surface area contributed by atoms with Crippen LogP contribution in [0.4, 0.5) is 0 Å². The Morgan fingerprint density at radius 3 is 2.38 bits per heavy atom. The van der Waals surface area contributed by atoms with Crippen LogP contribution >= 0.6 is 23.2 Å². The van der Waals surface area contributed by atoms with Gasteiger partial charge in [-0.05, 0) is 42.3 Å². The molecule has 2 N–H and O–H groups in total. The summed E-state index contributed by atoms with van der Waals surface area (Å²) >= 11 is 12.8. The largest absolute Gasteiger partial charge is 0.478 e. The Morgan fingerprint density at radius 2 is 1.65 bits per heavy atom. The van der Waals surface area contributed by atoms with Crippen LogP contribution in [-0.2, 0) is 0 Å². The number of fused-ring (bicyclic) bond motifs is 1. The smallest absolute Gasteiger partial charge is 0.336 e. The van der Waals surface area contributed by atoms with Crippen molar-refractivity contribution in [2.75, 3.05) is 0 Å². The molecule has 0 saturated heterocycles. The first-order chi connectivity index (χ1) is 16.4. The monoisotopic (exact) mass is 489 g/mol. The molecule has 168 valence electrons. The Labute approximate surface area is 204 Å².